The SMILES string of the molecule is CC(C)(C)c1ccc(N(c2cc3c4ccccc4n4c5ccccc5c(c2)c34)c2ccc3ccccc3c2[Si](C)(C)C)cc1. The summed E-state index contributed by atoms with van der Waals surface area (Å²) in [6.07, 6.45) is 0. The molecule has 0 aliphatic rings. The molecule has 6 aromatic carbocycles. The maximum atomic E-state index is 2.54. The molecule has 0 amide bonds. The maximum Gasteiger partial charge on any atom is 0.0811 e. The second-order valence-electron chi connectivity index (χ2n) is 14.3. The summed E-state index contributed by atoms with van der Waals surface area (Å²) in [6.45, 7) is 14.3. The molecule has 3 heteroatoms. The highest BCUT2D eigenvalue weighted by Gasteiger charge is 2.29. The average molecular weight is 587 g/mol. The van der Waals surface area contributed by atoms with Crippen molar-refractivity contribution in [3.63, 3.8) is 0 Å². The standard InChI is InChI=1S/C41H38N2Si/c1-41(2,3)28-20-22-29(23-21-28)42(38-24-19-27-13-7-8-14-31(27)40(38)44(4,5)6)30-25-34-32-15-9-11-17-36(32)43-37-18-12-10-16-33(37)35(26-30)39(34)43/h7-26H,1-6H3. The molecule has 0 fully saturated rings. The molecule has 2 nitrogen and oxygen atoms in total. The molecule has 0 aliphatic carbocycles. The molecular formula is C41H38N2Si. The first kappa shape index (κ1) is 27.0. The van der Waals surface area contributed by atoms with E-state index in [1.54, 1.807) is 0 Å². The largest absolute Gasteiger partial charge is 0.311 e. The van der Waals surface area contributed by atoms with Gasteiger partial charge in [-0.15, -0.1) is 0 Å². The Labute approximate surface area is 260 Å². The van der Waals surface area contributed by atoms with E-state index in [9.17, 15) is 0 Å². The van der Waals surface area contributed by atoms with Crippen LogP contribution in [0.2, 0.25) is 19.6 Å². The molecular weight excluding hydrogens is 549 g/mol. The minimum Gasteiger partial charge on any atom is -0.311 e. The number of aromatic nitrogens is 1. The lowest BCUT2D eigenvalue weighted by molar-refractivity contribution is 0.590. The predicted molar refractivity (Wildman–Crippen MR) is 195 cm³/mol. The molecule has 0 spiro atoms. The Morgan fingerprint density at radius 3 is 1.66 bits per heavy atom. The molecule has 2 heterocycles. The van der Waals surface area contributed by atoms with E-state index in [0.717, 1.165) is 0 Å². The highest BCUT2D eigenvalue weighted by atomic mass is 28.3. The van der Waals surface area contributed by atoms with Crippen molar-refractivity contribution in [1.29, 1.82) is 0 Å². The molecule has 2 aromatic heterocycles. The van der Waals surface area contributed by atoms with Crippen LogP contribution in [-0.2, 0) is 5.41 Å². The highest BCUT2D eigenvalue weighted by Crippen LogP contribution is 2.45. The van der Waals surface area contributed by atoms with E-state index in [4.69, 9.17) is 0 Å². The van der Waals surface area contributed by atoms with Crippen LogP contribution in [0.4, 0.5) is 17.1 Å². The highest BCUT2D eigenvalue weighted by molar-refractivity contribution is 6.91. The van der Waals surface area contributed by atoms with Gasteiger partial charge in [-0.3, -0.25) is 0 Å². The van der Waals surface area contributed by atoms with Gasteiger partial charge in [0.1, 0.15) is 0 Å². The lowest BCUT2D eigenvalue weighted by Gasteiger charge is -2.33. The van der Waals surface area contributed by atoms with Crippen LogP contribution in [0.1, 0.15) is 26.3 Å². The fourth-order valence-electron chi connectivity index (χ4n) is 7.34. The van der Waals surface area contributed by atoms with Gasteiger partial charge in [0.05, 0.1) is 24.6 Å². The number of rotatable bonds is 4. The van der Waals surface area contributed by atoms with E-state index in [1.807, 2.05) is 0 Å². The van der Waals surface area contributed by atoms with E-state index in [2.05, 4.69) is 171 Å². The van der Waals surface area contributed by atoms with Gasteiger partial charge in [0.15, 0.2) is 0 Å². The summed E-state index contributed by atoms with van der Waals surface area (Å²) >= 11 is 0. The summed E-state index contributed by atoms with van der Waals surface area (Å²) in [5, 5.41) is 9.37. The Balaban J connectivity index is 1.50. The Morgan fingerprint density at radius 2 is 1.09 bits per heavy atom. The average Bonchev–Trinajstić information content (AvgIpc) is 3.52. The fraction of sp³-hybridized carbons (Fsp3) is 0.171. The number of anilines is 3. The summed E-state index contributed by atoms with van der Waals surface area (Å²) < 4.78 is 2.46. The number of fused-ring (bicyclic) bond motifs is 7. The molecule has 8 rings (SSSR count). The molecule has 0 bridgehead atoms. The first-order valence-electron chi connectivity index (χ1n) is 15.7. The number of hydrogen-bond acceptors (Lipinski definition) is 1. The number of para-hydroxylation sites is 2. The topological polar surface area (TPSA) is 7.65 Å². The van der Waals surface area contributed by atoms with Gasteiger partial charge in [-0.25, -0.2) is 0 Å². The lowest BCUT2D eigenvalue weighted by atomic mass is 9.87. The van der Waals surface area contributed by atoms with Gasteiger partial charge in [-0.1, -0.05) is 119 Å². The minimum atomic E-state index is -1.81. The Hall–Kier alpha value is -4.60. The summed E-state index contributed by atoms with van der Waals surface area (Å²) in [5.74, 6) is 0. The first-order valence-corrected chi connectivity index (χ1v) is 19.2. The van der Waals surface area contributed by atoms with E-state index < -0.39 is 8.07 Å². The van der Waals surface area contributed by atoms with Gasteiger partial charge in [0, 0.05) is 38.6 Å². The predicted octanol–water partition coefficient (Wildman–Crippen LogP) is 11.3. The van der Waals surface area contributed by atoms with Crippen molar-refractivity contribution in [2.75, 3.05) is 4.90 Å². The van der Waals surface area contributed by atoms with Gasteiger partial charge in [-0.2, -0.15) is 0 Å². The van der Waals surface area contributed by atoms with Gasteiger partial charge >= 0.3 is 0 Å². The van der Waals surface area contributed by atoms with Crippen LogP contribution in [0, 0.1) is 0 Å². The van der Waals surface area contributed by atoms with Gasteiger partial charge in [0.2, 0.25) is 0 Å². The van der Waals surface area contributed by atoms with Crippen LogP contribution in [-0.4, -0.2) is 12.5 Å². The molecule has 0 aliphatic heterocycles. The number of benzene rings is 6. The van der Waals surface area contributed by atoms with Crippen LogP contribution in [0.5, 0.6) is 0 Å². The number of hydrogen-bond donors (Lipinski definition) is 0. The zero-order chi connectivity index (χ0) is 30.4. The summed E-state index contributed by atoms with van der Waals surface area (Å²) in [7, 11) is -1.81. The van der Waals surface area contributed by atoms with Crippen LogP contribution in [0.15, 0.2) is 121 Å². The molecule has 0 atom stereocenters. The molecule has 44 heavy (non-hydrogen) atoms. The zero-order valence-corrected chi connectivity index (χ0v) is 27.4. The van der Waals surface area contributed by atoms with Gasteiger partial charge < -0.3 is 9.30 Å². The van der Waals surface area contributed by atoms with E-state index >= 15 is 0 Å². The molecule has 0 saturated heterocycles. The summed E-state index contributed by atoms with van der Waals surface area (Å²) in [4.78, 5) is 2.54. The summed E-state index contributed by atoms with van der Waals surface area (Å²) in [6, 6.07) is 45.5. The summed E-state index contributed by atoms with van der Waals surface area (Å²) in [5.41, 5.74) is 8.94. The van der Waals surface area contributed by atoms with Crippen LogP contribution < -0.4 is 10.1 Å². The third-order valence-corrected chi connectivity index (χ3v) is 11.4. The van der Waals surface area contributed by atoms with Gasteiger partial charge in [-0.05, 0) is 69.4 Å². The maximum absolute atomic E-state index is 2.54. The van der Waals surface area contributed by atoms with Crippen molar-refractivity contribution in [1.82, 2.24) is 4.40 Å². The number of nitrogens with zero attached hydrogens (tertiary/aromatic N) is 2. The second kappa shape index (κ2) is 9.45. The van der Waals surface area contributed by atoms with E-state index in [-0.39, 0.29) is 5.41 Å². The lowest BCUT2D eigenvalue weighted by Crippen LogP contribution is -2.41. The Bertz CT molecular complexity index is 2260. The monoisotopic (exact) mass is 586 g/mol. The molecule has 0 radical (unpaired) electrons. The van der Waals surface area contributed by atoms with Crippen molar-refractivity contribution in [2.24, 2.45) is 0 Å². The van der Waals surface area contributed by atoms with Crippen molar-refractivity contribution in [3.8, 4) is 0 Å². The molecule has 8 aromatic rings. The van der Waals surface area contributed by atoms with Crippen molar-refractivity contribution < 1.29 is 0 Å². The van der Waals surface area contributed by atoms with Crippen molar-refractivity contribution >= 4 is 79.2 Å². The third-order valence-electron chi connectivity index (χ3n) is 9.34. The molecule has 0 unspecified atom stereocenters. The quantitative estimate of drug-likeness (QED) is 0.186. The zero-order valence-electron chi connectivity index (χ0n) is 26.4. The smallest absolute Gasteiger partial charge is 0.0811 e. The van der Waals surface area contributed by atoms with Gasteiger partial charge in [0.25, 0.3) is 0 Å². The molecule has 0 saturated carbocycles. The Kier molecular flexibility index (Phi) is 5.79. The van der Waals surface area contributed by atoms with Crippen LogP contribution >= 0.6 is 0 Å². The Morgan fingerprint density at radius 1 is 0.545 bits per heavy atom. The second-order valence-corrected chi connectivity index (χ2v) is 19.3. The van der Waals surface area contributed by atoms with Crippen LogP contribution in [0.3, 0.4) is 0 Å². The molecule has 216 valence electrons. The first-order chi connectivity index (χ1) is 21.1. The van der Waals surface area contributed by atoms with Crippen molar-refractivity contribution in [3.05, 3.63) is 127 Å². The normalized spacial score (nSPS) is 12.8. The van der Waals surface area contributed by atoms with E-state index in [0.29, 0.717) is 0 Å². The van der Waals surface area contributed by atoms with Crippen LogP contribution in [0.25, 0.3) is 48.9 Å². The van der Waals surface area contributed by atoms with E-state index in [1.165, 1.54) is 76.7 Å². The van der Waals surface area contributed by atoms with Crippen molar-refractivity contribution in [2.45, 2.75) is 45.8 Å². The fourth-order valence-corrected chi connectivity index (χ4v) is 9.33. The minimum absolute atomic E-state index is 0.0894. The third kappa shape index (κ3) is 3.99. The molecule has 0 N–H and O–H groups in total.